The van der Waals surface area contributed by atoms with Gasteiger partial charge in [-0.3, -0.25) is 19.9 Å². The molecule has 1 fully saturated rings. The molecule has 162 valence electrons. The summed E-state index contributed by atoms with van der Waals surface area (Å²) < 4.78 is 10.8. The molecule has 0 unspecified atom stereocenters. The number of carbonyl (C=O) groups excluding carboxylic acids is 2. The van der Waals surface area contributed by atoms with Gasteiger partial charge < -0.3 is 14.8 Å². The van der Waals surface area contributed by atoms with Crippen molar-refractivity contribution in [2.75, 3.05) is 46.9 Å². The van der Waals surface area contributed by atoms with Crippen LogP contribution in [0, 0.1) is 6.92 Å². The van der Waals surface area contributed by atoms with E-state index in [1.165, 1.54) is 5.56 Å². The second-order valence-electron chi connectivity index (χ2n) is 8.44. The van der Waals surface area contributed by atoms with Crippen LogP contribution in [0.15, 0.2) is 12.1 Å². The van der Waals surface area contributed by atoms with Crippen LogP contribution in [0.25, 0.3) is 0 Å². The Labute approximate surface area is 173 Å². The quantitative estimate of drug-likeness (QED) is 0.749. The van der Waals surface area contributed by atoms with Crippen molar-refractivity contribution in [3.8, 4) is 11.5 Å². The van der Waals surface area contributed by atoms with Crippen molar-refractivity contribution in [3.05, 3.63) is 23.3 Å². The van der Waals surface area contributed by atoms with Crippen LogP contribution in [0.5, 0.6) is 11.5 Å². The van der Waals surface area contributed by atoms with Gasteiger partial charge in [-0.2, -0.15) is 0 Å². The fourth-order valence-corrected chi connectivity index (χ4v) is 3.28. The lowest BCUT2D eigenvalue weighted by Gasteiger charge is -2.34. The number of nitrogens with zero attached hydrogens (tertiary/aromatic N) is 2. The van der Waals surface area contributed by atoms with Gasteiger partial charge in [0.05, 0.1) is 20.8 Å². The first kappa shape index (κ1) is 23.0. The summed E-state index contributed by atoms with van der Waals surface area (Å²) in [6.45, 7) is 12.0. The van der Waals surface area contributed by atoms with Crippen molar-refractivity contribution in [2.24, 2.45) is 0 Å². The monoisotopic (exact) mass is 406 g/mol. The molecular formula is C21H34N4O4. The number of ether oxygens (including phenoxy) is 2. The number of carbonyl (C=O) groups is 2. The molecule has 2 rings (SSSR count). The number of rotatable bonds is 6. The Hall–Kier alpha value is -2.32. The lowest BCUT2D eigenvalue weighted by molar-refractivity contribution is -0.121. The summed E-state index contributed by atoms with van der Waals surface area (Å²) in [7, 11) is 3.28. The number of urea groups is 1. The third-order valence-electron chi connectivity index (χ3n) is 4.81. The van der Waals surface area contributed by atoms with Gasteiger partial charge in [0.2, 0.25) is 5.91 Å². The zero-order valence-electron chi connectivity index (χ0n) is 18.4. The normalized spacial score (nSPS) is 15.7. The highest BCUT2D eigenvalue weighted by Crippen LogP contribution is 2.30. The average molecular weight is 407 g/mol. The molecule has 29 heavy (non-hydrogen) atoms. The summed E-state index contributed by atoms with van der Waals surface area (Å²) in [4.78, 5) is 28.3. The van der Waals surface area contributed by atoms with Crippen LogP contribution in [0.1, 0.15) is 31.9 Å². The highest BCUT2D eigenvalue weighted by atomic mass is 16.5. The van der Waals surface area contributed by atoms with Gasteiger partial charge in [0.25, 0.3) is 0 Å². The minimum Gasteiger partial charge on any atom is -0.493 e. The van der Waals surface area contributed by atoms with Crippen molar-refractivity contribution in [1.29, 1.82) is 0 Å². The van der Waals surface area contributed by atoms with Crippen LogP contribution in [0.2, 0.25) is 0 Å². The lowest BCUT2D eigenvalue weighted by atomic mass is 10.1. The molecule has 0 atom stereocenters. The molecule has 3 amide bonds. The summed E-state index contributed by atoms with van der Waals surface area (Å²) in [5, 5.41) is 5.12. The van der Waals surface area contributed by atoms with Crippen molar-refractivity contribution in [2.45, 2.75) is 39.8 Å². The number of imide groups is 1. The van der Waals surface area contributed by atoms with Crippen molar-refractivity contribution < 1.29 is 19.1 Å². The lowest BCUT2D eigenvalue weighted by Crippen LogP contribution is -2.52. The van der Waals surface area contributed by atoms with Crippen LogP contribution in [0.3, 0.4) is 0 Å². The van der Waals surface area contributed by atoms with E-state index in [1.54, 1.807) is 14.2 Å². The Morgan fingerprint density at radius 2 is 1.55 bits per heavy atom. The van der Waals surface area contributed by atoms with Gasteiger partial charge in [0.15, 0.2) is 11.5 Å². The van der Waals surface area contributed by atoms with E-state index in [2.05, 4.69) is 27.4 Å². The van der Waals surface area contributed by atoms with Gasteiger partial charge in [-0.1, -0.05) is 0 Å². The first-order valence-electron chi connectivity index (χ1n) is 9.89. The summed E-state index contributed by atoms with van der Waals surface area (Å²) in [6.07, 6.45) is 0. The third-order valence-corrected chi connectivity index (χ3v) is 4.81. The summed E-state index contributed by atoms with van der Waals surface area (Å²) in [5.41, 5.74) is 1.99. The highest BCUT2D eigenvalue weighted by molar-refractivity contribution is 5.95. The SMILES string of the molecule is COc1cc(C)c(CN2CCN(CC(=O)NC(=O)NC(C)(C)C)CC2)cc1OC. The van der Waals surface area contributed by atoms with Crippen molar-refractivity contribution >= 4 is 11.9 Å². The third kappa shape index (κ3) is 7.21. The van der Waals surface area contributed by atoms with Crippen LogP contribution in [-0.4, -0.2) is 74.2 Å². The molecule has 0 radical (unpaired) electrons. The van der Waals surface area contributed by atoms with E-state index in [-0.39, 0.29) is 18.0 Å². The second kappa shape index (κ2) is 9.93. The molecule has 0 aliphatic carbocycles. The van der Waals surface area contributed by atoms with Crippen LogP contribution >= 0.6 is 0 Å². The standard InChI is InChI=1S/C21H34N4O4/c1-15-11-17(28-5)18(29-6)12-16(15)13-24-7-9-25(10-8-24)14-19(26)22-20(27)23-21(2,3)4/h11-12H,7-10,13-14H2,1-6H3,(H2,22,23,26,27). The highest BCUT2D eigenvalue weighted by Gasteiger charge is 2.22. The smallest absolute Gasteiger partial charge is 0.321 e. The molecule has 1 aliphatic heterocycles. The molecule has 8 nitrogen and oxygen atoms in total. The summed E-state index contributed by atoms with van der Waals surface area (Å²) in [6, 6.07) is 3.57. The van der Waals surface area contributed by atoms with Crippen molar-refractivity contribution in [3.63, 3.8) is 0 Å². The maximum absolute atomic E-state index is 12.1. The molecule has 0 spiro atoms. The van der Waals surface area contributed by atoms with Gasteiger partial charge in [0.1, 0.15) is 0 Å². The van der Waals surface area contributed by atoms with Gasteiger partial charge in [-0.05, 0) is 51.0 Å². The van der Waals surface area contributed by atoms with Crippen LogP contribution in [-0.2, 0) is 11.3 Å². The van der Waals surface area contributed by atoms with Crippen molar-refractivity contribution in [1.82, 2.24) is 20.4 Å². The summed E-state index contributed by atoms with van der Waals surface area (Å²) in [5.74, 6) is 1.19. The topological polar surface area (TPSA) is 83.1 Å². The van der Waals surface area contributed by atoms with Gasteiger partial charge >= 0.3 is 6.03 Å². The van der Waals surface area contributed by atoms with E-state index >= 15 is 0 Å². The minimum atomic E-state index is -0.454. The molecule has 1 aliphatic rings. The Morgan fingerprint density at radius 1 is 1.00 bits per heavy atom. The van der Waals surface area contributed by atoms with E-state index in [0.29, 0.717) is 0 Å². The van der Waals surface area contributed by atoms with Crippen LogP contribution < -0.4 is 20.1 Å². The molecule has 1 aromatic rings. The number of aryl methyl sites for hydroxylation is 1. The molecular weight excluding hydrogens is 372 g/mol. The number of nitrogens with one attached hydrogen (secondary N) is 2. The molecule has 0 saturated carbocycles. The Bertz CT molecular complexity index is 722. The predicted octanol–water partition coefficient (Wildman–Crippen LogP) is 1.75. The van der Waals surface area contributed by atoms with Crippen LogP contribution in [0.4, 0.5) is 4.79 Å². The minimum absolute atomic E-state index is 0.223. The molecule has 1 heterocycles. The second-order valence-corrected chi connectivity index (χ2v) is 8.44. The Kier molecular flexibility index (Phi) is 7.87. The van der Waals surface area contributed by atoms with E-state index in [1.807, 2.05) is 32.9 Å². The zero-order chi connectivity index (χ0) is 21.6. The number of hydrogen-bond acceptors (Lipinski definition) is 6. The first-order valence-corrected chi connectivity index (χ1v) is 9.89. The van der Waals surface area contributed by atoms with E-state index in [9.17, 15) is 9.59 Å². The van der Waals surface area contributed by atoms with E-state index in [0.717, 1.165) is 49.8 Å². The molecule has 2 N–H and O–H groups in total. The fourth-order valence-electron chi connectivity index (χ4n) is 3.28. The van der Waals surface area contributed by atoms with E-state index < -0.39 is 6.03 Å². The van der Waals surface area contributed by atoms with E-state index in [4.69, 9.17) is 9.47 Å². The Balaban J connectivity index is 1.82. The molecule has 0 aromatic heterocycles. The van der Waals surface area contributed by atoms with Gasteiger partial charge in [-0.15, -0.1) is 0 Å². The number of benzene rings is 1. The molecule has 1 saturated heterocycles. The number of amides is 3. The fraction of sp³-hybridized carbons (Fsp3) is 0.619. The van der Waals surface area contributed by atoms with Gasteiger partial charge in [0, 0.05) is 38.3 Å². The zero-order valence-corrected chi connectivity index (χ0v) is 18.4. The maximum Gasteiger partial charge on any atom is 0.321 e. The average Bonchev–Trinajstić information content (AvgIpc) is 2.62. The maximum atomic E-state index is 12.1. The summed E-state index contributed by atoms with van der Waals surface area (Å²) >= 11 is 0. The predicted molar refractivity (Wildman–Crippen MR) is 112 cm³/mol. The molecule has 1 aromatic carbocycles. The molecule has 8 heteroatoms. The number of hydrogen-bond donors (Lipinski definition) is 2. The molecule has 0 bridgehead atoms. The van der Waals surface area contributed by atoms with Gasteiger partial charge in [-0.25, -0.2) is 4.79 Å². The number of piperazine rings is 1. The number of methoxy groups -OCH3 is 2. The first-order chi connectivity index (χ1) is 13.6. The largest absolute Gasteiger partial charge is 0.493 e. The Morgan fingerprint density at radius 3 is 2.10 bits per heavy atom.